The van der Waals surface area contributed by atoms with Gasteiger partial charge in [0.15, 0.2) is 0 Å². The fourth-order valence-corrected chi connectivity index (χ4v) is 0. The molecule has 0 aromatic heterocycles. The molecule has 0 spiro atoms. The Morgan fingerprint density at radius 1 is 1.33 bits per heavy atom. The van der Waals surface area contributed by atoms with E-state index in [1.54, 1.807) is 0 Å². The van der Waals surface area contributed by atoms with Gasteiger partial charge in [-0.3, -0.25) is 0 Å². The molecule has 6 heavy (non-hydrogen) atoms. The summed E-state index contributed by atoms with van der Waals surface area (Å²) >= 11 is -7.06. The van der Waals surface area contributed by atoms with Crippen molar-refractivity contribution < 1.29 is 23.5 Å². The van der Waals surface area contributed by atoms with Crippen molar-refractivity contribution in [2.75, 3.05) is 0 Å². The molecule has 0 saturated heterocycles. The van der Waals surface area contributed by atoms with E-state index in [0.717, 1.165) is 0 Å². The molecule has 40 valence electrons. The quantitative estimate of drug-likeness (QED) is 0.670. The third kappa shape index (κ3) is 88.3. The van der Waals surface area contributed by atoms with E-state index < -0.39 is 13.7 Å². The van der Waals surface area contributed by atoms with Gasteiger partial charge in [0.25, 0.3) is 0 Å². The zero-order valence-corrected chi connectivity index (χ0v) is 6.77. The van der Waals surface area contributed by atoms with Gasteiger partial charge in [0.2, 0.25) is 0 Å². The summed E-state index contributed by atoms with van der Waals surface area (Å²) in [4.78, 5) is 0. The van der Waals surface area contributed by atoms with Crippen LogP contribution in [0.25, 0.3) is 0 Å². The van der Waals surface area contributed by atoms with Crippen molar-refractivity contribution in [1.82, 2.24) is 0 Å². The van der Waals surface area contributed by atoms with Crippen molar-refractivity contribution in [3.05, 3.63) is 0 Å². The van der Waals surface area contributed by atoms with E-state index >= 15 is 0 Å². The zero-order chi connectivity index (χ0) is 5.45. The van der Waals surface area contributed by atoms with Gasteiger partial charge < -0.3 is 0 Å². The van der Waals surface area contributed by atoms with Gasteiger partial charge in [-0.15, -0.1) is 0 Å². The Labute approximate surface area is 42.5 Å². The predicted octanol–water partition coefficient (Wildman–Crippen LogP) is 2.10. The average Bonchev–Trinajstić information content (AvgIpc) is 0.650. The summed E-state index contributed by atoms with van der Waals surface area (Å²) < 4.78 is 30.9. The van der Waals surface area contributed by atoms with Crippen molar-refractivity contribution in [2.45, 2.75) is 0 Å². The summed E-state index contributed by atoms with van der Waals surface area (Å²) in [5, 5.41) is 0. The zero-order valence-electron chi connectivity index (χ0n) is 2.33. The maximum atomic E-state index is 10.9. The van der Waals surface area contributed by atoms with Crippen LogP contribution in [0.4, 0.5) is 6.32 Å². The van der Waals surface area contributed by atoms with Crippen molar-refractivity contribution >= 4 is 18.8 Å². The van der Waals surface area contributed by atoms with Crippen LogP contribution in [0.5, 0.6) is 0 Å². The number of halogens is 4. The van der Waals surface area contributed by atoms with Crippen LogP contribution >= 0.6 is 18.8 Å². The average molecular weight is 309 g/mol. The van der Waals surface area contributed by atoms with E-state index in [9.17, 15) is 6.32 Å². The fraction of sp³-hybridized carbons (Fsp3) is 0. The van der Waals surface area contributed by atoms with Crippen LogP contribution in [0.3, 0.4) is 0 Å². The standard InChI is InChI=1S/2ClH.2FH.O.W/h4*1H;;/q;;;;;+4/p-4. The van der Waals surface area contributed by atoms with Gasteiger partial charge in [-0.2, -0.15) is 0 Å². The van der Waals surface area contributed by atoms with E-state index in [0.29, 0.717) is 0 Å². The third-order valence-corrected chi connectivity index (χ3v) is 0. The second-order valence-electron chi connectivity index (χ2n) is 0.602. The molecule has 0 N–H and O–H groups in total. The molecule has 0 radical (unpaired) electrons. The van der Waals surface area contributed by atoms with Gasteiger partial charge in [0, 0.05) is 0 Å². The number of hydrogen-bond donors (Lipinski definition) is 0. The first-order valence-electron chi connectivity index (χ1n) is 0.784. The van der Waals surface area contributed by atoms with Crippen molar-refractivity contribution in [3.63, 3.8) is 0 Å². The van der Waals surface area contributed by atoms with Gasteiger partial charge in [-0.25, -0.2) is 0 Å². The molecule has 0 aromatic carbocycles. The minimum absolute atomic E-state index is 3.87. The van der Waals surface area contributed by atoms with Crippen molar-refractivity contribution in [3.8, 4) is 0 Å². The molecule has 0 unspecified atom stereocenters. The van der Waals surface area contributed by atoms with Gasteiger partial charge >= 0.3 is 42.3 Å². The molecule has 0 aromatic rings. The molecule has 0 heterocycles. The normalized spacial score (nSPS) is 19.0. The van der Waals surface area contributed by atoms with E-state index in [-0.39, 0.29) is 0 Å². The molecule has 0 rings (SSSR count). The Kier molecular flexibility index (Phi) is 1.39. The molecule has 0 atom stereocenters. The van der Waals surface area contributed by atoms with Crippen LogP contribution in [0.2, 0.25) is 0 Å². The van der Waals surface area contributed by atoms with Crippen LogP contribution < -0.4 is 0 Å². The molecule has 0 fully saturated rings. The molecule has 0 aliphatic carbocycles. The van der Waals surface area contributed by atoms with Crippen LogP contribution in [0.1, 0.15) is 0 Å². The molecule has 0 amide bonds. The Morgan fingerprint density at radius 2 is 1.33 bits per heavy atom. The summed E-state index contributed by atoms with van der Waals surface area (Å²) in [7, 11) is 7.74. The molecule has 0 aliphatic rings. The minimum atomic E-state index is -7.06. The Morgan fingerprint density at radius 3 is 1.33 bits per heavy atom. The molecule has 6 heteroatoms. The Balaban J connectivity index is 4.16. The van der Waals surface area contributed by atoms with E-state index in [4.69, 9.17) is 3.40 Å². The molecule has 0 aliphatic heterocycles. The number of hydrogen-bond acceptors (Lipinski definition) is 1. The monoisotopic (exact) mass is 308 g/mol. The SMILES string of the molecule is [O]=[W]([F])([F])([Cl])[Cl]. The van der Waals surface area contributed by atoms with Crippen molar-refractivity contribution in [2.24, 2.45) is 0 Å². The second-order valence-corrected chi connectivity index (χ2v) is 14.6. The third-order valence-electron chi connectivity index (χ3n) is 0. The van der Waals surface area contributed by atoms with Gasteiger partial charge in [-0.1, -0.05) is 0 Å². The predicted molar refractivity (Wildman–Crippen MR) is 14.6 cm³/mol. The van der Waals surface area contributed by atoms with E-state index in [2.05, 4.69) is 18.8 Å². The first-order valence-corrected chi connectivity index (χ1v) is 11.5. The van der Waals surface area contributed by atoms with Crippen LogP contribution in [0, 0.1) is 0 Å². The van der Waals surface area contributed by atoms with E-state index in [1.165, 1.54) is 0 Å². The summed E-state index contributed by atoms with van der Waals surface area (Å²) in [6.45, 7) is 0. The van der Waals surface area contributed by atoms with Crippen LogP contribution in [-0.4, -0.2) is 0 Å². The van der Waals surface area contributed by atoms with Crippen LogP contribution in [-0.2, 0) is 17.1 Å². The summed E-state index contributed by atoms with van der Waals surface area (Å²) in [5.41, 5.74) is 0. The summed E-state index contributed by atoms with van der Waals surface area (Å²) in [6, 6.07) is 0. The Hall–Kier alpha value is 0.928. The number of rotatable bonds is 0. The second kappa shape index (κ2) is 1.21. The molecular weight excluding hydrogens is 309 g/mol. The van der Waals surface area contributed by atoms with E-state index in [1.807, 2.05) is 0 Å². The molecule has 1 nitrogen and oxygen atoms in total. The maximum absolute atomic E-state index is 10.9. The van der Waals surface area contributed by atoms with Crippen molar-refractivity contribution in [1.29, 1.82) is 0 Å². The summed E-state index contributed by atoms with van der Waals surface area (Å²) in [5.74, 6) is 0. The van der Waals surface area contributed by atoms with Gasteiger partial charge in [0.1, 0.15) is 0 Å². The Bertz CT molecular complexity index is 89.2. The van der Waals surface area contributed by atoms with Gasteiger partial charge in [-0.05, 0) is 0 Å². The molecular formula is Cl2F2OW. The first-order chi connectivity index (χ1) is 2.24. The molecule has 0 bridgehead atoms. The summed E-state index contributed by atoms with van der Waals surface area (Å²) in [6.07, 6.45) is 0. The topological polar surface area (TPSA) is 17.1 Å². The molecule has 0 saturated carbocycles. The fourth-order valence-electron chi connectivity index (χ4n) is 0. The van der Waals surface area contributed by atoms with Gasteiger partial charge in [0.05, 0.1) is 0 Å². The van der Waals surface area contributed by atoms with Crippen LogP contribution in [0.15, 0.2) is 0 Å². The first kappa shape index (κ1) is 6.93.